The highest BCUT2D eigenvalue weighted by Crippen LogP contribution is 2.29. The summed E-state index contributed by atoms with van der Waals surface area (Å²) < 4.78 is 16.8. The summed E-state index contributed by atoms with van der Waals surface area (Å²) in [5, 5.41) is 17.0. The molecule has 1 saturated heterocycles. The van der Waals surface area contributed by atoms with Gasteiger partial charge in [-0.05, 0) is 67.4 Å². The Hall–Kier alpha value is -2.36. The minimum absolute atomic E-state index is 0.201. The van der Waals surface area contributed by atoms with Crippen LogP contribution in [0, 0.1) is 0 Å². The Bertz CT molecular complexity index is 832. The summed E-state index contributed by atoms with van der Waals surface area (Å²) in [5.41, 5.74) is -1.09. The van der Waals surface area contributed by atoms with Crippen molar-refractivity contribution in [2.24, 2.45) is 0 Å². The molecule has 0 aliphatic carbocycles. The van der Waals surface area contributed by atoms with E-state index in [-0.39, 0.29) is 12.6 Å². The van der Waals surface area contributed by atoms with Gasteiger partial charge in [-0.2, -0.15) is 0 Å². The number of benzene rings is 1. The molecule has 2 amide bonds. The largest absolute Gasteiger partial charge is 0.444 e. The van der Waals surface area contributed by atoms with Gasteiger partial charge in [0, 0.05) is 13.1 Å². The molecule has 0 radical (unpaired) electrons. The molecule has 9 nitrogen and oxygen atoms in total. The third-order valence-corrected chi connectivity index (χ3v) is 5.36. The van der Waals surface area contributed by atoms with Crippen LogP contribution in [-0.2, 0) is 20.6 Å². The average Bonchev–Trinajstić information content (AvgIpc) is 2.99. The average molecular weight is 494 g/mol. The number of alkyl carbamates (subject to hydrolysis) is 1. The molecule has 3 N–H and O–H groups in total. The van der Waals surface area contributed by atoms with Gasteiger partial charge in [0.25, 0.3) is 0 Å². The molecular weight excluding hydrogens is 450 g/mol. The first-order valence-electron chi connectivity index (χ1n) is 12.2. The molecule has 2 rings (SSSR count). The van der Waals surface area contributed by atoms with Crippen molar-refractivity contribution in [3.05, 3.63) is 35.9 Å². The van der Waals surface area contributed by atoms with Crippen molar-refractivity contribution in [3.8, 4) is 0 Å². The maximum Gasteiger partial charge on any atom is 0.412 e. The van der Waals surface area contributed by atoms with Crippen LogP contribution in [0.5, 0.6) is 0 Å². The molecule has 198 valence electrons. The van der Waals surface area contributed by atoms with Crippen LogP contribution in [0.25, 0.3) is 0 Å². The molecule has 1 fully saturated rings. The molecule has 0 spiro atoms. The summed E-state index contributed by atoms with van der Waals surface area (Å²) in [4.78, 5) is 26.8. The molecule has 35 heavy (non-hydrogen) atoms. The van der Waals surface area contributed by atoms with E-state index in [2.05, 4.69) is 10.6 Å². The SMILES string of the molecule is CC(C)(C)OC(=O)N[C@@H](Cc1ccccc1)[C@H](O)CNC[C@H]1COC(C)(C)N1C(=O)OC(C)(C)C. The van der Waals surface area contributed by atoms with Crippen molar-refractivity contribution in [1.82, 2.24) is 15.5 Å². The van der Waals surface area contributed by atoms with Gasteiger partial charge in [-0.3, -0.25) is 4.90 Å². The number of carbonyl (C=O) groups is 2. The van der Waals surface area contributed by atoms with Crippen molar-refractivity contribution >= 4 is 12.2 Å². The fourth-order valence-corrected chi connectivity index (χ4v) is 3.86. The number of hydrogen-bond acceptors (Lipinski definition) is 7. The zero-order chi connectivity index (χ0) is 26.4. The molecule has 1 aliphatic heterocycles. The van der Waals surface area contributed by atoms with E-state index in [1.54, 1.807) is 25.7 Å². The lowest BCUT2D eigenvalue weighted by molar-refractivity contribution is -0.0624. The van der Waals surface area contributed by atoms with Gasteiger partial charge in [0.2, 0.25) is 0 Å². The molecule has 0 aromatic heterocycles. The van der Waals surface area contributed by atoms with Crippen molar-refractivity contribution < 1.29 is 28.9 Å². The van der Waals surface area contributed by atoms with Gasteiger partial charge < -0.3 is 30.0 Å². The molecule has 3 atom stereocenters. The maximum atomic E-state index is 12.8. The van der Waals surface area contributed by atoms with E-state index in [0.29, 0.717) is 19.6 Å². The summed E-state index contributed by atoms with van der Waals surface area (Å²) >= 11 is 0. The van der Waals surface area contributed by atoms with E-state index in [4.69, 9.17) is 14.2 Å². The summed E-state index contributed by atoms with van der Waals surface area (Å²) in [6.07, 6.45) is -1.49. The predicted molar refractivity (Wildman–Crippen MR) is 134 cm³/mol. The minimum Gasteiger partial charge on any atom is -0.444 e. The highest BCUT2D eigenvalue weighted by atomic mass is 16.6. The molecule has 0 bridgehead atoms. The van der Waals surface area contributed by atoms with Gasteiger partial charge >= 0.3 is 12.2 Å². The van der Waals surface area contributed by atoms with Gasteiger partial charge in [0.05, 0.1) is 24.8 Å². The fraction of sp³-hybridized carbons (Fsp3) is 0.692. The molecule has 0 unspecified atom stereocenters. The number of aliphatic hydroxyl groups is 1. The summed E-state index contributed by atoms with van der Waals surface area (Å²) in [5.74, 6) is 0. The molecule has 0 saturated carbocycles. The second-order valence-electron chi connectivity index (χ2n) is 11.4. The van der Waals surface area contributed by atoms with E-state index >= 15 is 0 Å². The molecule has 9 heteroatoms. The number of hydrogen-bond donors (Lipinski definition) is 3. The Morgan fingerprint density at radius 3 is 2.29 bits per heavy atom. The Morgan fingerprint density at radius 2 is 1.71 bits per heavy atom. The van der Waals surface area contributed by atoms with Crippen molar-refractivity contribution in [1.29, 1.82) is 0 Å². The molecule has 1 heterocycles. The van der Waals surface area contributed by atoms with Gasteiger partial charge in [-0.15, -0.1) is 0 Å². The molecule has 1 aromatic rings. The highest BCUT2D eigenvalue weighted by molar-refractivity contribution is 5.70. The lowest BCUT2D eigenvalue weighted by Crippen LogP contribution is -2.54. The first kappa shape index (κ1) is 28.9. The molecule has 1 aromatic carbocycles. The Balaban J connectivity index is 2.01. The van der Waals surface area contributed by atoms with Gasteiger partial charge in [-0.1, -0.05) is 30.3 Å². The lowest BCUT2D eigenvalue weighted by atomic mass is 10.0. The second kappa shape index (κ2) is 11.6. The smallest absolute Gasteiger partial charge is 0.412 e. The van der Waals surface area contributed by atoms with E-state index in [9.17, 15) is 14.7 Å². The van der Waals surface area contributed by atoms with Gasteiger partial charge in [0.15, 0.2) is 0 Å². The Kier molecular flexibility index (Phi) is 9.56. The standard InChI is InChI=1S/C26H43N3O6/c1-24(2,3)34-22(31)28-20(14-18-12-10-9-11-13-18)21(30)16-27-15-19-17-33-26(7,8)29(19)23(32)35-25(4,5)6/h9-13,19-21,27,30H,14-17H2,1-8H3,(H,28,31)/t19-,20-,21+/m0/s1. The van der Waals surface area contributed by atoms with Crippen LogP contribution in [0.1, 0.15) is 61.0 Å². The first-order valence-corrected chi connectivity index (χ1v) is 12.2. The van der Waals surface area contributed by atoms with Crippen LogP contribution < -0.4 is 10.6 Å². The molecule has 1 aliphatic rings. The van der Waals surface area contributed by atoms with Crippen LogP contribution in [0.3, 0.4) is 0 Å². The monoisotopic (exact) mass is 493 g/mol. The topological polar surface area (TPSA) is 109 Å². The van der Waals surface area contributed by atoms with Gasteiger partial charge in [-0.25, -0.2) is 9.59 Å². The zero-order valence-corrected chi connectivity index (χ0v) is 22.4. The lowest BCUT2D eigenvalue weighted by Gasteiger charge is -2.35. The summed E-state index contributed by atoms with van der Waals surface area (Å²) in [6.45, 7) is 15.4. The number of amides is 2. The summed E-state index contributed by atoms with van der Waals surface area (Å²) in [6, 6.07) is 8.80. The Labute approximate surface area is 209 Å². The van der Waals surface area contributed by atoms with Crippen molar-refractivity contribution in [2.45, 2.75) is 96.9 Å². The van der Waals surface area contributed by atoms with Crippen LogP contribution in [0.15, 0.2) is 30.3 Å². The highest BCUT2D eigenvalue weighted by Gasteiger charge is 2.45. The third kappa shape index (κ3) is 9.66. The van der Waals surface area contributed by atoms with Gasteiger partial charge in [0.1, 0.15) is 16.9 Å². The number of nitrogens with zero attached hydrogens (tertiary/aromatic N) is 1. The number of carbonyl (C=O) groups excluding carboxylic acids is 2. The number of ether oxygens (including phenoxy) is 3. The number of rotatable bonds is 8. The predicted octanol–water partition coefficient (Wildman–Crippen LogP) is 3.44. The minimum atomic E-state index is -0.895. The van der Waals surface area contributed by atoms with Crippen LogP contribution in [-0.4, -0.2) is 77.0 Å². The normalized spacial score (nSPS) is 19.7. The molecular formula is C26H43N3O6. The van der Waals surface area contributed by atoms with E-state index in [0.717, 1.165) is 5.56 Å². The third-order valence-electron chi connectivity index (χ3n) is 5.36. The zero-order valence-electron chi connectivity index (χ0n) is 22.4. The van der Waals surface area contributed by atoms with Crippen molar-refractivity contribution in [3.63, 3.8) is 0 Å². The first-order chi connectivity index (χ1) is 16.1. The van der Waals surface area contributed by atoms with Crippen LogP contribution in [0.2, 0.25) is 0 Å². The van der Waals surface area contributed by atoms with Crippen LogP contribution in [0.4, 0.5) is 9.59 Å². The second-order valence-corrected chi connectivity index (χ2v) is 11.4. The van der Waals surface area contributed by atoms with Crippen LogP contribution >= 0.6 is 0 Å². The van der Waals surface area contributed by atoms with E-state index in [1.165, 1.54) is 0 Å². The fourth-order valence-electron chi connectivity index (χ4n) is 3.86. The number of aliphatic hydroxyl groups excluding tert-OH is 1. The Morgan fingerprint density at radius 1 is 1.11 bits per heavy atom. The van der Waals surface area contributed by atoms with E-state index in [1.807, 2.05) is 65.0 Å². The van der Waals surface area contributed by atoms with Crippen molar-refractivity contribution in [2.75, 3.05) is 19.7 Å². The quantitative estimate of drug-likeness (QED) is 0.509. The summed E-state index contributed by atoms with van der Waals surface area (Å²) in [7, 11) is 0. The maximum absolute atomic E-state index is 12.8. The van der Waals surface area contributed by atoms with E-state index < -0.39 is 41.3 Å². The number of nitrogens with one attached hydrogen (secondary N) is 2.